The summed E-state index contributed by atoms with van der Waals surface area (Å²) in [6, 6.07) is 11.6. The van der Waals surface area contributed by atoms with Crippen LogP contribution in [0.25, 0.3) is 11.0 Å². The largest absolute Gasteiger partial charge is 0.336 e. The van der Waals surface area contributed by atoms with Crippen molar-refractivity contribution in [3.05, 3.63) is 60.2 Å². The number of aryl methyl sites for hydroxylation is 1. The number of fused-ring (bicyclic) bond motifs is 1. The van der Waals surface area contributed by atoms with Gasteiger partial charge in [-0.05, 0) is 36.8 Å². The number of hydrogen-bond donors (Lipinski definition) is 2. The summed E-state index contributed by atoms with van der Waals surface area (Å²) in [5.41, 5.74) is 3.09. The van der Waals surface area contributed by atoms with Gasteiger partial charge >= 0.3 is 6.03 Å². The number of amides is 2. The van der Waals surface area contributed by atoms with Crippen LogP contribution >= 0.6 is 0 Å². The Morgan fingerprint density at radius 3 is 2.74 bits per heavy atom. The van der Waals surface area contributed by atoms with Crippen molar-refractivity contribution in [3.63, 3.8) is 0 Å². The van der Waals surface area contributed by atoms with Gasteiger partial charge in [0.15, 0.2) is 0 Å². The van der Waals surface area contributed by atoms with Crippen LogP contribution in [-0.4, -0.2) is 27.1 Å². The molecule has 0 aliphatic rings. The lowest BCUT2D eigenvalue weighted by Gasteiger charge is -2.10. The number of nitrogens with one attached hydrogen (secondary N) is 2. The summed E-state index contributed by atoms with van der Waals surface area (Å²) >= 11 is 0. The van der Waals surface area contributed by atoms with Crippen molar-refractivity contribution >= 4 is 17.1 Å². The Bertz CT molecular complexity index is 797. The molecule has 0 spiro atoms. The van der Waals surface area contributed by atoms with E-state index >= 15 is 0 Å². The Kier molecular flexibility index (Phi) is 4.52. The predicted octanol–water partition coefficient (Wildman–Crippen LogP) is 2.24. The van der Waals surface area contributed by atoms with E-state index in [1.807, 2.05) is 43.3 Å². The van der Waals surface area contributed by atoms with E-state index in [1.165, 1.54) is 0 Å². The molecule has 0 saturated carbocycles. The molecule has 118 valence electrons. The molecule has 0 aliphatic carbocycles. The van der Waals surface area contributed by atoms with Crippen molar-refractivity contribution in [2.45, 2.75) is 20.0 Å². The Hall–Kier alpha value is -2.89. The summed E-state index contributed by atoms with van der Waals surface area (Å²) in [6.07, 6.45) is 3.42. The lowest BCUT2D eigenvalue weighted by atomic mass is 10.3. The Morgan fingerprint density at radius 1 is 1.13 bits per heavy atom. The lowest BCUT2D eigenvalue weighted by molar-refractivity contribution is 0.240. The van der Waals surface area contributed by atoms with E-state index < -0.39 is 0 Å². The van der Waals surface area contributed by atoms with Crippen LogP contribution in [0.5, 0.6) is 0 Å². The number of carbonyl (C=O) groups is 1. The van der Waals surface area contributed by atoms with Gasteiger partial charge in [0, 0.05) is 32.0 Å². The maximum atomic E-state index is 11.8. The zero-order valence-corrected chi connectivity index (χ0v) is 13.0. The number of carbonyl (C=O) groups excluding carboxylic acids is 1. The molecule has 6 nitrogen and oxygen atoms in total. The molecule has 2 aromatic heterocycles. The number of benzene rings is 1. The number of nitrogens with zero attached hydrogens (tertiary/aromatic N) is 3. The van der Waals surface area contributed by atoms with Gasteiger partial charge in [-0.2, -0.15) is 0 Å². The standard InChI is InChI=1S/C17H19N5O/c1-13-21-15-4-2-3-5-16(15)22(13)11-10-19-17(23)20-12-14-6-8-18-9-7-14/h2-9H,10-12H2,1H3,(H2,19,20,23). The second-order valence-corrected chi connectivity index (χ2v) is 5.26. The second-order valence-electron chi connectivity index (χ2n) is 5.26. The number of imidazole rings is 1. The third-order valence-electron chi connectivity index (χ3n) is 3.67. The van der Waals surface area contributed by atoms with Gasteiger partial charge < -0.3 is 15.2 Å². The van der Waals surface area contributed by atoms with Crippen molar-refractivity contribution < 1.29 is 4.79 Å². The molecular weight excluding hydrogens is 290 g/mol. The predicted molar refractivity (Wildman–Crippen MR) is 88.9 cm³/mol. The van der Waals surface area contributed by atoms with Crippen molar-refractivity contribution in [1.82, 2.24) is 25.2 Å². The number of pyridine rings is 1. The Labute approximate surface area is 134 Å². The SMILES string of the molecule is Cc1nc2ccccc2n1CCNC(=O)NCc1ccncc1. The van der Waals surface area contributed by atoms with Crippen LogP contribution in [0.2, 0.25) is 0 Å². The fraction of sp³-hybridized carbons (Fsp3) is 0.235. The van der Waals surface area contributed by atoms with E-state index in [-0.39, 0.29) is 6.03 Å². The van der Waals surface area contributed by atoms with Gasteiger partial charge in [0.25, 0.3) is 0 Å². The van der Waals surface area contributed by atoms with Crippen LogP contribution in [0.3, 0.4) is 0 Å². The maximum Gasteiger partial charge on any atom is 0.315 e. The Balaban J connectivity index is 1.50. The fourth-order valence-electron chi connectivity index (χ4n) is 2.50. The highest BCUT2D eigenvalue weighted by molar-refractivity contribution is 5.76. The molecule has 0 atom stereocenters. The molecule has 1 aromatic carbocycles. The molecule has 2 N–H and O–H groups in total. The molecule has 23 heavy (non-hydrogen) atoms. The van der Waals surface area contributed by atoms with Crippen molar-refractivity contribution in [2.75, 3.05) is 6.54 Å². The number of aromatic nitrogens is 3. The molecular formula is C17H19N5O. The summed E-state index contributed by atoms with van der Waals surface area (Å²) < 4.78 is 2.11. The van der Waals surface area contributed by atoms with E-state index in [0.717, 1.165) is 22.4 Å². The van der Waals surface area contributed by atoms with Crippen molar-refractivity contribution in [3.8, 4) is 0 Å². The summed E-state index contributed by atoms with van der Waals surface area (Å²) in [7, 11) is 0. The van der Waals surface area contributed by atoms with Crippen molar-refractivity contribution in [1.29, 1.82) is 0 Å². The zero-order valence-electron chi connectivity index (χ0n) is 13.0. The lowest BCUT2D eigenvalue weighted by Crippen LogP contribution is -2.36. The Morgan fingerprint density at radius 2 is 1.91 bits per heavy atom. The van der Waals surface area contributed by atoms with Crippen LogP contribution in [-0.2, 0) is 13.1 Å². The maximum absolute atomic E-state index is 11.8. The first-order chi connectivity index (χ1) is 11.2. The quantitative estimate of drug-likeness (QED) is 0.759. The molecule has 0 unspecified atom stereocenters. The first-order valence-electron chi connectivity index (χ1n) is 7.56. The average Bonchev–Trinajstić information content (AvgIpc) is 2.90. The molecule has 0 bridgehead atoms. The van der Waals surface area contributed by atoms with Crippen molar-refractivity contribution in [2.24, 2.45) is 0 Å². The van der Waals surface area contributed by atoms with E-state index in [0.29, 0.717) is 19.6 Å². The van der Waals surface area contributed by atoms with Gasteiger partial charge in [-0.25, -0.2) is 9.78 Å². The minimum Gasteiger partial charge on any atom is -0.336 e. The molecule has 3 aromatic rings. The van der Waals surface area contributed by atoms with Crippen LogP contribution in [0.15, 0.2) is 48.8 Å². The van der Waals surface area contributed by atoms with Gasteiger partial charge in [0.2, 0.25) is 0 Å². The number of hydrogen-bond acceptors (Lipinski definition) is 3. The van der Waals surface area contributed by atoms with Crippen LogP contribution < -0.4 is 10.6 Å². The average molecular weight is 309 g/mol. The first kappa shape index (κ1) is 15.0. The fourth-order valence-corrected chi connectivity index (χ4v) is 2.50. The molecule has 0 radical (unpaired) electrons. The monoisotopic (exact) mass is 309 g/mol. The summed E-state index contributed by atoms with van der Waals surface area (Å²) in [5, 5.41) is 5.70. The number of para-hydroxylation sites is 2. The third kappa shape index (κ3) is 3.66. The molecule has 6 heteroatoms. The van der Waals surface area contributed by atoms with Gasteiger partial charge in [0.1, 0.15) is 5.82 Å². The first-order valence-corrected chi connectivity index (χ1v) is 7.56. The van der Waals surface area contributed by atoms with Gasteiger partial charge in [-0.15, -0.1) is 0 Å². The van der Waals surface area contributed by atoms with Crippen LogP contribution in [0.1, 0.15) is 11.4 Å². The molecule has 0 aliphatic heterocycles. The third-order valence-corrected chi connectivity index (χ3v) is 3.67. The minimum atomic E-state index is -0.177. The summed E-state index contributed by atoms with van der Waals surface area (Å²) in [4.78, 5) is 20.3. The van der Waals surface area contributed by atoms with Crippen LogP contribution in [0.4, 0.5) is 4.79 Å². The highest BCUT2D eigenvalue weighted by Gasteiger charge is 2.06. The number of urea groups is 1. The molecule has 0 fully saturated rings. The summed E-state index contributed by atoms with van der Waals surface area (Å²) in [6.45, 7) is 3.70. The normalized spacial score (nSPS) is 10.7. The molecule has 2 heterocycles. The smallest absolute Gasteiger partial charge is 0.315 e. The second kappa shape index (κ2) is 6.91. The van der Waals surface area contributed by atoms with E-state index in [2.05, 4.69) is 25.2 Å². The number of rotatable bonds is 5. The van der Waals surface area contributed by atoms with Gasteiger partial charge in [-0.1, -0.05) is 12.1 Å². The zero-order chi connectivity index (χ0) is 16.1. The van der Waals surface area contributed by atoms with E-state index in [9.17, 15) is 4.79 Å². The molecule has 3 rings (SSSR count). The minimum absolute atomic E-state index is 0.177. The molecule has 0 saturated heterocycles. The van der Waals surface area contributed by atoms with E-state index in [4.69, 9.17) is 0 Å². The highest BCUT2D eigenvalue weighted by atomic mass is 16.2. The van der Waals surface area contributed by atoms with E-state index in [1.54, 1.807) is 12.4 Å². The van der Waals surface area contributed by atoms with Crippen LogP contribution in [0, 0.1) is 6.92 Å². The molecule has 2 amide bonds. The highest BCUT2D eigenvalue weighted by Crippen LogP contribution is 2.14. The topological polar surface area (TPSA) is 71.8 Å². The summed E-state index contributed by atoms with van der Waals surface area (Å²) in [5.74, 6) is 0.949. The van der Waals surface area contributed by atoms with Gasteiger partial charge in [0.05, 0.1) is 11.0 Å². The van der Waals surface area contributed by atoms with Gasteiger partial charge in [-0.3, -0.25) is 4.98 Å².